The molecule has 2 atom stereocenters. The van der Waals surface area contributed by atoms with Crippen LogP contribution in [-0.4, -0.2) is 28.9 Å². The molecule has 0 bridgehead atoms. The van der Waals surface area contributed by atoms with Crippen molar-refractivity contribution in [2.24, 2.45) is 7.05 Å². The smallest absolute Gasteiger partial charge is 0.174 e. The molecule has 0 amide bonds. The van der Waals surface area contributed by atoms with E-state index in [1.807, 2.05) is 55.7 Å². The first-order chi connectivity index (χ1) is 13.6. The van der Waals surface area contributed by atoms with Gasteiger partial charge in [0.2, 0.25) is 0 Å². The predicted octanol–water partition coefficient (Wildman–Crippen LogP) is 3.61. The van der Waals surface area contributed by atoms with Gasteiger partial charge in [0, 0.05) is 31.2 Å². The van der Waals surface area contributed by atoms with Crippen molar-refractivity contribution in [2.45, 2.75) is 12.1 Å². The van der Waals surface area contributed by atoms with Crippen LogP contribution in [0.5, 0.6) is 11.5 Å². The summed E-state index contributed by atoms with van der Waals surface area (Å²) in [6.45, 7) is 0. The molecule has 7 heteroatoms. The molecule has 1 fully saturated rings. The number of hydrogen-bond donors (Lipinski definition) is 1. The van der Waals surface area contributed by atoms with Gasteiger partial charge in [0.25, 0.3) is 0 Å². The first-order valence-corrected chi connectivity index (χ1v) is 9.38. The third-order valence-corrected chi connectivity index (χ3v) is 5.35. The van der Waals surface area contributed by atoms with E-state index in [1.165, 1.54) is 0 Å². The molecular formula is C21H22N4O2S. The van der Waals surface area contributed by atoms with E-state index in [0.29, 0.717) is 10.9 Å². The molecule has 1 saturated heterocycles. The minimum atomic E-state index is -0.0888. The second kappa shape index (κ2) is 7.52. The summed E-state index contributed by atoms with van der Waals surface area (Å²) >= 11 is 5.75. The lowest BCUT2D eigenvalue weighted by molar-refractivity contribution is 0.394. The average molecular weight is 395 g/mol. The monoisotopic (exact) mass is 394 g/mol. The lowest BCUT2D eigenvalue weighted by Crippen LogP contribution is -2.30. The van der Waals surface area contributed by atoms with Crippen LogP contribution in [0.2, 0.25) is 0 Å². The van der Waals surface area contributed by atoms with Gasteiger partial charge in [-0.2, -0.15) is 0 Å². The lowest BCUT2D eigenvalue weighted by Gasteiger charge is -2.29. The van der Waals surface area contributed by atoms with Crippen molar-refractivity contribution in [3.8, 4) is 11.5 Å². The lowest BCUT2D eigenvalue weighted by atomic mass is 10.0. The molecule has 0 radical (unpaired) electrons. The van der Waals surface area contributed by atoms with Crippen molar-refractivity contribution >= 4 is 23.0 Å². The summed E-state index contributed by atoms with van der Waals surface area (Å²) in [4.78, 5) is 6.67. The van der Waals surface area contributed by atoms with Crippen LogP contribution < -0.4 is 19.7 Å². The van der Waals surface area contributed by atoms with Gasteiger partial charge in [0.05, 0.1) is 31.6 Å². The van der Waals surface area contributed by atoms with E-state index in [4.69, 9.17) is 21.7 Å². The van der Waals surface area contributed by atoms with E-state index in [9.17, 15) is 0 Å². The van der Waals surface area contributed by atoms with Gasteiger partial charge in [-0.1, -0.05) is 6.07 Å². The fourth-order valence-electron chi connectivity index (χ4n) is 3.68. The van der Waals surface area contributed by atoms with Gasteiger partial charge < -0.3 is 24.3 Å². The second-order valence-corrected chi connectivity index (χ2v) is 6.97. The molecule has 0 aliphatic carbocycles. The Kier molecular flexibility index (Phi) is 4.92. The Balaban J connectivity index is 1.86. The summed E-state index contributed by atoms with van der Waals surface area (Å²) in [5, 5.41) is 4.09. The number of aryl methyl sites for hydroxylation is 1. The van der Waals surface area contributed by atoms with Crippen molar-refractivity contribution in [3.05, 3.63) is 72.3 Å². The highest BCUT2D eigenvalue weighted by molar-refractivity contribution is 7.80. The van der Waals surface area contributed by atoms with Crippen molar-refractivity contribution in [1.29, 1.82) is 0 Å². The van der Waals surface area contributed by atoms with Crippen molar-refractivity contribution in [2.75, 3.05) is 19.1 Å². The molecule has 0 spiro atoms. The molecule has 1 aliphatic rings. The van der Waals surface area contributed by atoms with Gasteiger partial charge in [0.1, 0.15) is 17.5 Å². The van der Waals surface area contributed by atoms with Gasteiger partial charge in [-0.3, -0.25) is 4.98 Å². The maximum absolute atomic E-state index is 5.75. The van der Waals surface area contributed by atoms with E-state index in [0.717, 1.165) is 22.8 Å². The Hall–Kier alpha value is -3.06. The Morgan fingerprint density at radius 3 is 2.57 bits per heavy atom. The Labute approximate surface area is 169 Å². The van der Waals surface area contributed by atoms with Crippen LogP contribution in [0, 0.1) is 0 Å². The summed E-state index contributed by atoms with van der Waals surface area (Å²) in [6.07, 6.45) is 3.84. The minimum Gasteiger partial charge on any atom is -0.497 e. The molecule has 0 saturated carbocycles. The first kappa shape index (κ1) is 18.3. The third kappa shape index (κ3) is 3.07. The number of nitrogens with one attached hydrogen (secondary N) is 1. The van der Waals surface area contributed by atoms with Crippen LogP contribution in [0.15, 0.2) is 60.9 Å². The standard InChI is InChI=1S/C21H22N4O2S/c1-24-12-6-8-17(24)20-19(15-7-4-5-11-22-15)23-21(28)25(20)16-10-9-14(26-2)13-18(16)27-3/h4-13,19-20H,1-3H3,(H,23,28)/t19-,20-/m1/s1. The number of rotatable bonds is 5. The Bertz CT molecular complexity index is 989. The molecule has 1 aromatic carbocycles. The van der Waals surface area contributed by atoms with Crippen molar-refractivity contribution in [1.82, 2.24) is 14.9 Å². The molecule has 1 aliphatic heterocycles. The van der Waals surface area contributed by atoms with Crippen molar-refractivity contribution < 1.29 is 9.47 Å². The number of ether oxygens (including phenoxy) is 2. The van der Waals surface area contributed by atoms with Crippen molar-refractivity contribution in [3.63, 3.8) is 0 Å². The van der Waals surface area contributed by atoms with E-state index in [1.54, 1.807) is 20.4 Å². The van der Waals surface area contributed by atoms with Gasteiger partial charge in [-0.15, -0.1) is 0 Å². The normalized spacial score (nSPS) is 18.8. The topological polar surface area (TPSA) is 51.5 Å². The number of pyridine rings is 1. The minimum absolute atomic E-state index is 0.0790. The van der Waals surface area contributed by atoms with Crippen LogP contribution in [0.4, 0.5) is 5.69 Å². The fraction of sp³-hybridized carbons (Fsp3) is 0.238. The molecule has 144 valence electrons. The highest BCUT2D eigenvalue weighted by atomic mass is 32.1. The number of thiocarbonyl (C=S) groups is 1. The predicted molar refractivity (Wildman–Crippen MR) is 113 cm³/mol. The van der Waals surface area contributed by atoms with E-state index >= 15 is 0 Å². The first-order valence-electron chi connectivity index (χ1n) is 8.98. The number of benzene rings is 1. The number of hydrogen-bond acceptors (Lipinski definition) is 4. The third-order valence-electron chi connectivity index (χ3n) is 5.03. The quantitative estimate of drug-likeness (QED) is 0.667. The summed E-state index contributed by atoms with van der Waals surface area (Å²) in [7, 11) is 5.33. The molecule has 4 rings (SSSR count). The highest BCUT2D eigenvalue weighted by Crippen LogP contribution is 2.45. The zero-order valence-electron chi connectivity index (χ0n) is 16.0. The summed E-state index contributed by atoms with van der Waals surface area (Å²) in [5.41, 5.74) is 2.94. The highest BCUT2D eigenvalue weighted by Gasteiger charge is 2.42. The summed E-state index contributed by atoms with van der Waals surface area (Å²) < 4.78 is 13.1. The van der Waals surface area contributed by atoms with Crippen LogP contribution in [0.3, 0.4) is 0 Å². The molecule has 1 N–H and O–H groups in total. The van der Waals surface area contributed by atoms with Gasteiger partial charge >= 0.3 is 0 Å². The summed E-state index contributed by atoms with van der Waals surface area (Å²) in [6, 6.07) is 15.7. The summed E-state index contributed by atoms with van der Waals surface area (Å²) in [5.74, 6) is 1.43. The molecule has 0 unspecified atom stereocenters. The number of methoxy groups -OCH3 is 2. The van der Waals surface area contributed by atoms with Crippen LogP contribution >= 0.6 is 12.2 Å². The Morgan fingerprint density at radius 1 is 1.07 bits per heavy atom. The zero-order valence-corrected chi connectivity index (χ0v) is 16.8. The van der Waals surface area contributed by atoms with Crippen LogP contribution in [0.25, 0.3) is 0 Å². The molecular weight excluding hydrogens is 372 g/mol. The molecule has 2 aromatic heterocycles. The van der Waals surface area contributed by atoms with E-state index in [-0.39, 0.29) is 12.1 Å². The van der Waals surface area contributed by atoms with Gasteiger partial charge in [-0.25, -0.2) is 0 Å². The number of anilines is 1. The largest absolute Gasteiger partial charge is 0.497 e. The van der Waals surface area contributed by atoms with Gasteiger partial charge in [-0.05, 0) is 48.6 Å². The molecule has 28 heavy (non-hydrogen) atoms. The van der Waals surface area contributed by atoms with Crippen LogP contribution in [-0.2, 0) is 7.05 Å². The molecule has 3 heterocycles. The maximum Gasteiger partial charge on any atom is 0.174 e. The molecule has 3 aromatic rings. The maximum atomic E-state index is 5.75. The number of nitrogens with zero attached hydrogens (tertiary/aromatic N) is 3. The molecule has 6 nitrogen and oxygen atoms in total. The zero-order chi connectivity index (χ0) is 19.7. The fourth-order valence-corrected chi connectivity index (χ4v) is 4.02. The second-order valence-electron chi connectivity index (χ2n) is 6.58. The SMILES string of the molecule is COc1ccc(N2C(=S)N[C@H](c3ccccn3)[C@H]2c2cccn2C)c(OC)c1. The average Bonchev–Trinajstić information content (AvgIpc) is 3.30. The van der Waals surface area contributed by atoms with E-state index in [2.05, 4.69) is 25.8 Å². The van der Waals surface area contributed by atoms with Gasteiger partial charge in [0.15, 0.2) is 5.11 Å². The Morgan fingerprint density at radius 2 is 1.93 bits per heavy atom. The number of aromatic nitrogens is 2. The van der Waals surface area contributed by atoms with E-state index < -0.39 is 0 Å². The van der Waals surface area contributed by atoms with Crippen LogP contribution in [0.1, 0.15) is 23.5 Å².